The van der Waals surface area contributed by atoms with Crippen LogP contribution in [-0.4, -0.2) is 96.7 Å². The van der Waals surface area contributed by atoms with Crippen molar-refractivity contribution in [3.8, 4) is 0 Å². The third kappa shape index (κ3) is 61.3. The van der Waals surface area contributed by atoms with Gasteiger partial charge in [-0.2, -0.15) is 0 Å². The molecule has 0 fully saturated rings. The predicted octanol–water partition coefficient (Wildman–Crippen LogP) is 19.4. The molecule has 0 aliphatic rings. The Hall–Kier alpha value is -1.94. The SMILES string of the molecule is CCCCCCCCCCCCCCCC(=O)OC[C@H](COP(=O)(O)OC[C@@H](O)COP(=O)(O)OC[C@@H](COC(=O)CCCCCCC)OC(=O)CCCCCCCCCCCCC)OC(=O)CCCCCCCCCCCCCCCCC(C)CC. The number of ether oxygens (including phenoxy) is 4. The second-order valence-corrected chi connectivity index (χ2v) is 27.7. The summed E-state index contributed by atoms with van der Waals surface area (Å²) in [6.07, 6.45) is 47.4. The van der Waals surface area contributed by atoms with Crippen molar-refractivity contribution in [2.45, 2.75) is 368 Å². The van der Waals surface area contributed by atoms with Crippen LogP contribution in [0.1, 0.15) is 349 Å². The Morgan fingerprint density at radius 2 is 0.552 bits per heavy atom. The maximum absolute atomic E-state index is 13.0. The van der Waals surface area contributed by atoms with E-state index in [4.69, 9.17) is 37.0 Å². The van der Waals surface area contributed by atoms with Gasteiger partial charge >= 0.3 is 39.5 Å². The van der Waals surface area contributed by atoms with E-state index < -0.39 is 97.5 Å². The fourth-order valence-electron chi connectivity index (χ4n) is 10.3. The summed E-state index contributed by atoms with van der Waals surface area (Å²) in [5.41, 5.74) is 0. The van der Waals surface area contributed by atoms with Crippen LogP contribution >= 0.6 is 15.6 Å². The molecule has 19 heteroatoms. The lowest BCUT2D eigenvalue weighted by molar-refractivity contribution is -0.161. The molecule has 3 unspecified atom stereocenters. The molecule has 0 saturated heterocycles. The lowest BCUT2D eigenvalue weighted by atomic mass is 9.99. The summed E-state index contributed by atoms with van der Waals surface area (Å²) in [4.78, 5) is 72.2. The quantitative estimate of drug-likeness (QED) is 0.0222. The van der Waals surface area contributed by atoms with Crippen molar-refractivity contribution in [3.05, 3.63) is 0 Å². The second kappa shape index (κ2) is 61.6. The number of hydrogen-bond acceptors (Lipinski definition) is 15. The molecule has 0 saturated carbocycles. The zero-order valence-corrected chi connectivity index (χ0v) is 57.9. The number of phosphoric acid groups is 2. The van der Waals surface area contributed by atoms with Gasteiger partial charge in [0.15, 0.2) is 12.2 Å². The van der Waals surface area contributed by atoms with Gasteiger partial charge in [-0.15, -0.1) is 0 Å². The van der Waals surface area contributed by atoms with Crippen LogP contribution in [0.15, 0.2) is 0 Å². The molecule has 516 valence electrons. The van der Waals surface area contributed by atoms with Crippen LogP contribution in [-0.2, 0) is 65.4 Å². The molecule has 0 bridgehead atoms. The Morgan fingerprint density at radius 1 is 0.322 bits per heavy atom. The standard InChI is InChI=1S/C68H132O17P2/c1-6-10-13-16-18-20-22-25-30-33-37-42-47-52-66(71)79-58-64(85-68(73)54-49-44-39-35-31-27-24-23-26-29-32-36-41-45-50-61(5)9-4)60-83-87(76,77)81-56-62(69)55-80-86(74,75)82-59-63(57-78-65(70)51-46-40-15-12-8-3)84-67(72)53-48-43-38-34-28-21-19-17-14-11-7-2/h61-64,69H,6-60H2,1-5H3,(H,74,75)(H,76,77)/t61?,62-,63+,64+/m0/s1. The lowest BCUT2D eigenvalue weighted by Crippen LogP contribution is -2.30. The first-order valence-electron chi connectivity index (χ1n) is 35.7. The first-order valence-corrected chi connectivity index (χ1v) is 38.7. The van der Waals surface area contributed by atoms with Crippen molar-refractivity contribution in [2.75, 3.05) is 39.6 Å². The highest BCUT2D eigenvalue weighted by Gasteiger charge is 2.30. The van der Waals surface area contributed by atoms with Gasteiger partial charge in [0.05, 0.1) is 26.4 Å². The van der Waals surface area contributed by atoms with E-state index in [1.54, 1.807) is 0 Å². The fraction of sp³-hybridized carbons (Fsp3) is 0.941. The maximum Gasteiger partial charge on any atom is 0.472 e. The molecule has 17 nitrogen and oxygen atoms in total. The average Bonchev–Trinajstić information content (AvgIpc) is 3.58. The molecule has 0 rings (SSSR count). The van der Waals surface area contributed by atoms with Crippen LogP contribution < -0.4 is 0 Å². The smallest absolute Gasteiger partial charge is 0.462 e. The van der Waals surface area contributed by atoms with E-state index in [2.05, 4.69) is 34.6 Å². The van der Waals surface area contributed by atoms with Gasteiger partial charge in [-0.05, 0) is 31.6 Å². The molecule has 0 radical (unpaired) electrons. The Kier molecular flexibility index (Phi) is 60.2. The van der Waals surface area contributed by atoms with Crippen molar-refractivity contribution in [1.82, 2.24) is 0 Å². The Morgan fingerprint density at radius 3 is 0.816 bits per heavy atom. The second-order valence-electron chi connectivity index (χ2n) is 24.8. The van der Waals surface area contributed by atoms with Crippen molar-refractivity contribution in [2.24, 2.45) is 5.92 Å². The first kappa shape index (κ1) is 85.1. The molecule has 0 aromatic carbocycles. The molecule has 0 heterocycles. The molecule has 6 atom stereocenters. The monoisotopic (exact) mass is 1280 g/mol. The van der Waals surface area contributed by atoms with Crippen LogP contribution in [0.5, 0.6) is 0 Å². The summed E-state index contributed by atoms with van der Waals surface area (Å²) >= 11 is 0. The molecule has 0 aromatic rings. The molecule has 0 aromatic heterocycles. The van der Waals surface area contributed by atoms with Gasteiger partial charge in [0.2, 0.25) is 0 Å². The van der Waals surface area contributed by atoms with Crippen molar-refractivity contribution in [3.63, 3.8) is 0 Å². The van der Waals surface area contributed by atoms with E-state index in [-0.39, 0.29) is 25.7 Å². The number of hydrogen-bond donors (Lipinski definition) is 3. The summed E-state index contributed by atoms with van der Waals surface area (Å²) in [7, 11) is -9.88. The van der Waals surface area contributed by atoms with Crippen molar-refractivity contribution >= 4 is 39.5 Å². The number of phosphoric ester groups is 2. The third-order valence-corrected chi connectivity index (χ3v) is 18.0. The Balaban J connectivity index is 5.15. The van der Waals surface area contributed by atoms with Gasteiger partial charge in [0.1, 0.15) is 19.3 Å². The molecule has 3 N–H and O–H groups in total. The van der Waals surface area contributed by atoms with Crippen LogP contribution in [0.2, 0.25) is 0 Å². The van der Waals surface area contributed by atoms with E-state index in [1.807, 2.05) is 0 Å². The number of esters is 4. The van der Waals surface area contributed by atoms with E-state index in [9.17, 15) is 43.2 Å². The Labute approximate surface area is 530 Å². The summed E-state index contributed by atoms with van der Waals surface area (Å²) in [6, 6.07) is 0. The lowest BCUT2D eigenvalue weighted by Gasteiger charge is -2.21. The zero-order chi connectivity index (χ0) is 64.2. The number of aliphatic hydroxyl groups excluding tert-OH is 1. The number of unbranched alkanes of at least 4 members (excludes halogenated alkanes) is 39. The van der Waals surface area contributed by atoms with Gasteiger partial charge in [-0.25, -0.2) is 9.13 Å². The highest BCUT2D eigenvalue weighted by atomic mass is 31.2. The average molecular weight is 1280 g/mol. The number of carbonyl (C=O) groups excluding carboxylic acids is 4. The molecule has 0 amide bonds. The zero-order valence-electron chi connectivity index (χ0n) is 56.2. The molecule has 0 aliphatic heterocycles. The summed E-state index contributed by atoms with van der Waals surface area (Å²) in [6.45, 7) is 7.20. The van der Waals surface area contributed by atoms with Crippen molar-refractivity contribution < 1.29 is 80.2 Å². The largest absolute Gasteiger partial charge is 0.472 e. The van der Waals surface area contributed by atoms with Crippen molar-refractivity contribution in [1.29, 1.82) is 0 Å². The molecular weight excluding hydrogens is 1150 g/mol. The van der Waals surface area contributed by atoms with Crippen LogP contribution in [0.3, 0.4) is 0 Å². The van der Waals surface area contributed by atoms with Gasteiger partial charge in [0.25, 0.3) is 0 Å². The van der Waals surface area contributed by atoms with Gasteiger partial charge in [0, 0.05) is 25.7 Å². The minimum absolute atomic E-state index is 0.106. The summed E-state index contributed by atoms with van der Waals surface area (Å²) in [5.74, 6) is -1.29. The summed E-state index contributed by atoms with van der Waals surface area (Å²) < 4.78 is 68.0. The van der Waals surface area contributed by atoms with Crippen LogP contribution in [0, 0.1) is 5.92 Å². The van der Waals surface area contributed by atoms with Gasteiger partial charge in [-0.1, -0.05) is 298 Å². The number of rotatable bonds is 68. The minimum atomic E-state index is -4.95. The first-order chi connectivity index (χ1) is 42.1. The Bertz CT molecular complexity index is 1690. The number of aliphatic hydroxyl groups is 1. The summed E-state index contributed by atoms with van der Waals surface area (Å²) in [5, 5.41) is 10.5. The molecule has 0 aliphatic carbocycles. The number of carbonyl (C=O) groups is 4. The topological polar surface area (TPSA) is 237 Å². The molecule has 0 spiro atoms. The van der Waals surface area contributed by atoms with E-state index in [0.717, 1.165) is 102 Å². The third-order valence-electron chi connectivity index (χ3n) is 16.1. The van der Waals surface area contributed by atoms with Gasteiger partial charge in [-0.3, -0.25) is 37.3 Å². The fourth-order valence-corrected chi connectivity index (χ4v) is 11.8. The van der Waals surface area contributed by atoms with Gasteiger partial charge < -0.3 is 33.8 Å². The highest BCUT2D eigenvalue weighted by molar-refractivity contribution is 7.47. The van der Waals surface area contributed by atoms with Crippen LogP contribution in [0.4, 0.5) is 0 Å². The van der Waals surface area contributed by atoms with Crippen LogP contribution in [0.25, 0.3) is 0 Å². The predicted molar refractivity (Wildman–Crippen MR) is 349 cm³/mol. The van der Waals surface area contributed by atoms with E-state index >= 15 is 0 Å². The normalized spacial score (nSPS) is 14.4. The minimum Gasteiger partial charge on any atom is -0.462 e. The molecular formula is C68H132O17P2. The van der Waals surface area contributed by atoms with E-state index in [0.29, 0.717) is 25.7 Å². The molecule has 87 heavy (non-hydrogen) atoms. The highest BCUT2D eigenvalue weighted by Crippen LogP contribution is 2.45. The maximum atomic E-state index is 13.0. The van der Waals surface area contributed by atoms with E-state index in [1.165, 1.54) is 167 Å².